The van der Waals surface area contributed by atoms with Crippen molar-refractivity contribution < 1.29 is 4.79 Å². The Bertz CT molecular complexity index is 1020. The van der Waals surface area contributed by atoms with Gasteiger partial charge in [0.1, 0.15) is 17.3 Å². The SMILES string of the molecule is CNc1nc(N2CC=CCCC2)ccc1C(=N)C(=O)NC1CCN(Cc2ccc(C)cc2)CC1. The Hall–Kier alpha value is -3.19. The first-order chi connectivity index (χ1) is 16.5. The number of nitrogens with one attached hydrogen (secondary N) is 3. The minimum atomic E-state index is -0.333. The monoisotopic (exact) mass is 460 g/mol. The van der Waals surface area contributed by atoms with Crippen molar-refractivity contribution >= 4 is 23.3 Å². The molecule has 4 rings (SSSR count). The van der Waals surface area contributed by atoms with Gasteiger partial charge in [0.25, 0.3) is 5.91 Å². The van der Waals surface area contributed by atoms with Gasteiger partial charge in [0.05, 0.1) is 0 Å². The van der Waals surface area contributed by atoms with E-state index in [2.05, 4.69) is 63.8 Å². The second-order valence-corrected chi connectivity index (χ2v) is 9.26. The molecular weight excluding hydrogens is 424 g/mol. The molecule has 0 saturated carbocycles. The Labute approximate surface area is 202 Å². The Morgan fingerprint density at radius 2 is 1.85 bits per heavy atom. The molecule has 3 heterocycles. The maximum Gasteiger partial charge on any atom is 0.270 e. The number of allylic oxidation sites excluding steroid dienone is 1. The number of carbonyl (C=O) groups excluding carboxylic acids is 1. The standard InChI is InChI=1S/C27H36N6O/c1-20-7-9-21(10-8-20)19-32-17-13-22(14-18-32)30-27(34)25(28)23-11-12-24(31-26(23)29-2)33-15-5-3-4-6-16-33/h3,5,7-12,22,28H,4,6,13-19H2,1-2H3,(H,29,31)(H,30,34). The maximum atomic E-state index is 12.9. The summed E-state index contributed by atoms with van der Waals surface area (Å²) in [5.41, 5.74) is 3.09. The first kappa shape index (κ1) is 24.0. The van der Waals surface area contributed by atoms with E-state index < -0.39 is 0 Å². The van der Waals surface area contributed by atoms with E-state index in [1.807, 2.05) is 12.1 Å². The summed E-state index contributed by atoms with van der Waals surface area (Å²) in [6.45, 7) is 6.70. The second-order valence-electron chi connectivity index (χ2n) is 9.26. The topological polar surface area (TPSA) is 84.4 Å². The fourth-order valence-corrected chi connectivity index (χ4v) is 4.60. The number of benzene rings is 1. The molecule has 2 aromatic rings. The average Bonchev–Trinajstić information content (AvgIpc) is 3.15. The van der Waals surface area contributed by atoms with Gasteiger partial charge in [-0.15, -0.1) is 0 Å². The Morgan fingerprint density at radius 3 is 2.59 bits per heavy atom. The van der Waals surface area contributed by atoms with Gasteiger partial charge >= 0.3 is 0 Å². The molecule has 180 valence electrons. The number of pyridine rings is 1. The van der Waals surface area contributed by atoms with E-state index >= 15 is 0 Å². The molecule has 34 heavy (non-hydrogen) atoms. The zero-order valence-corrected chi connectivity index (χ0v) is 20.3. The lowest BCUT2D eigenvalue weighted by molar-refractivity contribution is -0.115. The van der Waals surface area contributed by atoms with Gasteiger partial charge in [0.15, 0.2) is 0 Å². The average molecular weight is 461 g/mol. The summed E-state index contributed by atoms with van der Waals surface area (Å²) in [4.78, 5) is 22.3. The highest BCUT2D eigenvalue weighted by molar-refractivity contribution is 6.45. The number of likely N-dealkylation sites (tertiary alicyclic amines) is 1. The van der Waals surface area contributed by atoms with Crippen LogP contribution in [0, 0.1) is 12.3 Å². The van der Waals surface area contributed by atoms with E-state index in [9.17, 15) is 4.79 Å². The highest BCUT2D eigenvalue weighted by Gasteiger charge is 2.24. The molecule has 7 nitrogen and oxygen atoms in total. The van der Waals surface area contributed by atoms with Gasteiger partial charge in [-0.1, -0.05) is 42.0 Å². The predicted molar refractivity (Wildman–Crippen MR) is 139 cm³/mol. The molecule has 7 heteroatoms. The second kappa shape index (κ2) is 11.3. The highest BCUT2D eigenvalue weighted by atomic mass is 16.1. The van der Waals surface area contributed by atoms with E-state index in [1.165, 1.54) is 11.1 Å². The van der Waals surface area contributed by atoms with Crippen molar-refractivity contribution in [3.05, 3.63) is 65.2 Å². The quantitative estimate of drug-likeness (QED) is 0.433. The molecule has 3 N–H and O–H groups in total. The van der Waals surface area contributed by atoms with Gasteiger partial charge in [0.2, 0.25) is 0 Å². The smallest absolute Gasteiger partial charge is 0.270 e. The van der Waals surface area contributed by atoms with Crippen LogP contribution in [-0.2, 0) is 11.3 Å². The fraction of sp³-hybridized carbons (Fsp3) is 0.444. The van der Waals surface area contributed by atoms with Crippen LogP contribution in [0.1, 0.15) is 42.4 Å². The van der Waals surface area contributed by atoms with Crippen LogP contribution in [0.5, 0.6) is 0 Å². The fourth-order valence-electron chi connectivity index (χ4n) is 4.60. The largest absolute Gasteiger partial charge is 0.373 e. The number of amides is 1. The third kappa shape index (κ3) is 6.03. The third-order valence-electron chi connectivity index (χ3n) is 6.68. The lowest BCUT2D eigenvalue weighted by atomic mass is 10.0. The van der Waals surface area contributed by atoms with Crippen LogP contribution in [0.2, 0.25) is 0 Å². The predicted octanol–water partition coefficient (Wildman–Crippen LogP) is 3.74. The first-order valence-electron chi connectivity index (χ1n) is 12.3. The van der Waals surface area contributed by atoms with Crippen molar-refractivity contribution in [2.75, 3.05) is 43.4 Å². The van der Waals surface area contributed by atoms with Crippen molar-refractivity contribution in [1.29, 1.82) is 5.41 Å². The van der Waals surface area contributed by atoms with E-state index in [0.717, 1.165) is 64.2 Å². The summed E-state index contributed by atoms with van der Waals surface area (Å²) in [7, 11) is 1.78. The number of rotatable bonds is 7. The number of aryl methyl sites for hydroxylation is 1. The Morgan fingerprint density at radius 1 is 1.09 bits per heavy atom. The summed E-state index contributed by atoms with van der Waals surface area (Å²) in [6, 6.07) is 12.5. The first-order valence-corrected chi connectivity index (χ1v) is 12.3. The summed E-state index contributed by atoms with van der Waals surface area (Å²) >= 11 is 0. The van der Waals surface area contributed by atoms with Crippen LogP contribution >= 0.6 is 0 Å². The van der Waals surface area contributed by atoms with Gasteiger partial charge < -0.3 is 15.5 Å². The number of nitrogens with zero attached hydrogens (tertiary/aromatic N) is 3. The highest BCUT2D eigenvalue weighted by Crippen LogP contribution is 2.22. The molecule has 0 atom stereocenters. The molecule has 2 aliphatic heterocycles. The molecule has 0 spiro atoms. The van der Waals surface area contributed by atoms with Crippen LogP contribution in [0.3, 0.4) is 0 Å². The molecule has 1 fully saturated rings. The summed E-state index contributed by atoms with van der Waals surface area (Å²) in [6.07, 6.45) is 8.34. The number of anilines is 2. The van der Waals surface area contributed by atoms with Crippen LogP contribution in [0.25, 0.3) is 0 Å². The van der Waals surface area contributed by atoms with Crippen LogP contribution < -0.4 is 15.5 Å². The number of hydrogen-bond donors (Lipinski definition) is 3. The van der Waals surface area contributed by atoms with Crippen LogP contribution in [0.15, 0.2) is 48.6 Å². The summed E-state index contributed by atoms with van der Waals surface area (Å²) in [5.74, 6) is 1.10. The Kier molecular flexibility index (Phi) is 7.95. The molecule has 1 aromatic heterocycles. The van der Waals surface area contributed by atoms with Crippen LogP contribution in [-0.4, -0.2) is 60.8 Å². The van der Waals surface area contributed by atoms with Gasteiger partial charge in [-0.2, -0.15) is 0 Å². The minimum Gasteiger partial charge on any atom is -0.373 e. The van der Waals surface area contributed by atoms with Crippen LogP contribution in [0.4, 0.5) is 11.6 Å². The van der Waals surface area contributed by atoms with Gasteiger partial charge in [-0.3, -0.25) is 15.1 Å². The minimum absolute atomic E-state index is 0.0405. The lowest BCUT2D eigenvalue weighted by Gasteiger charge is -2.32. The third-order valence-corrected chi connectivity index (χ3v) is 6.68. The van der Waals surface area contributed by atoms with E-state index in [1.54, 1.807) is 7.05 Å². The van der Waals surface area contributed by atoms with E-state index in [4.69, 9.17) is 10.4 Å². The van der Waals surface area contributed by atoms with Crippen molar-refractivity contribution in [3.8, 4) is 0 Å². The zero-order chi connectivity index (χ0) is 23.9. The lowest BCUT2D eigenvalue weighted by Crippen LogP contribution is -2.46. The normalized spacial score (nSPS) is 17.3. The zero-order valence-electron chi connectivity index (χ0n) is 20.3. The van der Waals surface area contributed by atoms with Crippen molar-refractivity contribution in [3.63, 3.8) is 0 Å². The van der Waals surface area contributed by atoms with Gasteiger partial charge in [-0.05, 0) is 50.3 Å². The van der Waals surface area contributed by atoms with Crippen molar-refractivity contribution in [1.82, 2.24) is 15.2 Å². The molecule has 0 unspecified atom stereocenters. The number of piperidine rings is 1. The molecule has 2 aliphatic rings. The molecule has 0 aliphatic carbocycles. The molecule has 1 aromatic carbocycles. The number of carbonyl (C=O) groups is 1. The molecule has 1 amide bonds. The number of aromatic nitrogens is 1. The molecular formula is C27H36N6O. The molecule has 0 bridgehead atoms. The van der Waals surface area contributed by atoms with Gasteiger partial charge in [-0.25, -0.2) is 4.98 Å². The van der Waals surface area contributed by atoms with Crippen molar-refractivity contribution in [2.24, 2.45) is 0 Å². The summed E-state index contributed by atoms with van der Waals surface area (Å²) in [5, 5.41) is 14.7. The van der Waals surface area contributed by atoms with E-state index in [0.29, 0.717) is 11.4 Å². The summed E-state index contributed by atoms with van der Waals surface area (Å²) < 4.78 is 0. The van der Waals surface area contributed by atoms with Gasteiger partial charge in [0, 0.05) is 51.4 Å². The molecule has 0 radical (unpaired) electrons. The Balaban J connectivity index is 1.32. The van der Waals surface area contributed by atoms with Crippen molar-refractivity contribution in [2.45, 2.75) is 45.2 Å². The number of hydrogen-bond acceptors (Lipinski definition) is 6. The molecule has 1 saturated heterocycles. The maximum absolute atomic E-state index is 12.9. The van der Waals surface area contributed by atoms with E-state index in [-0.39, 0.29) is 17.7 Å².